The van der Waals surface area contributed by atoms with Crippen LogP contribution in [0.1, 0.15) is 11.1 Å². The maximum Gasteiger partial charge on any atom is 0.236 e. The van der Waals surface area contributed by atoms with Gasteiger partial charge in [0.05, 0.1) is 13.7 Å². The molecule has 0 saturated carbocycles. The van der Waals surface area contributed by atoms with Crippen molar-refractivity contribution in [1.29, 1.82) is 0 Å². The summed E-state index contributed by atoms with van der Waals surface area (Å²) in [4.78, 5) is 20.3. The van der Waals surface area contributed by atoms with Crippen molar-refractivity contribution in [1.82, 2.24) is 14.7 Å². The molecule has 0 N–H and O–H groups in total. The van der Waals surface area contributed by atoms with Crippen molar-refractivity contribution in [3.8, 4) is 5.75 Å². The largest absolute Gasteiger partial charge is 0.496 e. The van der Waals surface area contributed by atoms with Gasteiger partial charge in [0.25, 0.3) is 0 Å². The minimum absolute atomic E-state index is 0.213. The Bertz CT molecular complexity index is 759. The topological polar surface area (TPSA) is 36.0 Å². The minimum Gasteiger partial charge on any atom is -0.496 e. The lowest BCUT2D eigenvalue weighted by Crippen LogP contribution is -2.50. The molecule has 152 valence electrons. The van der Waals surface area contributed by atoms with Gasteiger partial charge >= 0.3 is 0 Å². The molecular weight excluding hydrogens is 390 g/mol. The molecule has 28 heavy (non-hydrogen) atoms. The number of nitrogens with zero attached hydrogens (tertiary/aromatic N) is 3. The molecule has 0 radical (unpaired) electrons. The van der Waals surface area contributed by atoms with Crippen LogP contribution in [-0.4, -0.2) is 73.7 Å². The molecule has 2 heterocycles. The van der Waals surface area contributed by atoms with Crippen LogP contribution in [0.5, 0.6) is 5.75 Å². The monoisotopic (exact) mass is 419 g/mol. The number of piperazine rings is 1. The van der Waals surface area contributed by atoms with Crippen molar-refractivity contribution in [3.63, 3.8) is 0 Å². The van der Waals surface area contributed by atoms with Crippen LogP contribution >= 0.6 is 23.1 Å². The highest BCUT2D eigenvalue weighted by molar-refractivity contribution is 7.98. The number of carbonyl (C=O) groups excluding carboxylic acids is 1. The zero-order valence-corrected chi connectivity index (χ0v) is 18.5. The summed E-state index contributed by atoms with van der Waals surface area (Å²) in [5.74, 6) is 1.11. The number of amides is 1. The van der Waals surface area contributed by atoms with E-state index in [1.54, 1.807) is 30.2 Å². The fraction of sp³-hybridized carbons (Fsp3) is 0.476. The molecule has 1 aromatic heterocycles. The number of carbonyl (C=O) groups is 1. The van der Waals surface area contributed by atoms with Crippen molar-refractivity contribution in [2.24, 2.45) is 0 Å². The lowest BCUT2D eigenvalue weighted by atomic mass is 10.2. The molecule has 3 rings (SSSR count). The number of benzene rings is 1. The highest BCUT2D eigenvalue weighted by Crippen LogP contribution is 2.28. The number of ether oxygens (including phenoxy) is 1. The third-order valence-electron chi connectivity index (χ3n) is 5.02. The van der Waals surface area contributed by atoms with Crippen LogP contribution in [0.25, 0.3) is 0 Å². The molecular formula is C21H29N3O2S2. The summed E-state index contributed by atoms with van der Waals surface area (Å²) in [6.45, 7) is 5.67. The molecule has 1 amide bonds. The predicted octanol–water partition coefficient (Wildman–Crippen LogP) is 3.25. The van der Waals surface area contributed by atoms with Crippen LogP contribution in [0, 0.1) is 0 Å². The molecule has 2 aromatic rings. The zero-order chi connectivity index (χ0) is 19.9. The Morgan fingerprint density at radius 1 is 1.21 bits per heavy atom. The Kier molecular flexibility index (Phi) is 7.79. The van der Waals surface area contributed by atoms with Gasteiger partial charge in [0.2, 0.25) is 5.91 Å². The van der Waals surface area contributed by atoms with Gasteiger partial charge in [-0.25, -0.2) is 0 Å². The third-order valence-corrected chi connectivity index (χ3v) is 6.53. The van der Waals surface area contributed by atoms with Crippen LogP contribution in [-0.2, 0) is 17.9 Å². The number of hydrogen-bond acceptors (Lipinski definition) is 6. The second-order valence-corrected chi connectivity index (χ2v) is 8.78. The first-order valence-electron chi connectivity index (χ1n) is 9.49. The van der Waals surface area contributed by atoms with E-state index >= 15 is 0 Å². The number of hydrogen-bond donors (Lipinski definition) is 0. The highest BCUT2D eigenvalue weighted by atomic mass is 32.2. The quantitative estimate of drug-likeness (QED) is 0.614. The Labute approximate surface area is 176 Å². The molecule has 1 saturated heterocycles. The first-order chi connectivity index (χ1) is 13.6. The maximum atomic E-state index is 12.7. The van der Waals surface area contributed by atoms with Gasteiger partial charge in [-0.05, 0) is 53.4 Å². The van der Waals surface area contributed by atoms with Gasteiger partial charge in [0.15, 0.2) is 0 Å². The van der Waals surface area contributed by atoms with E-state index in [2.05, 4.69) is 44.8 Å². The summed E-state index contributed by atoms with van der Waals surface area (Å²) in [5.41, 5.74) is 2.53. The summed E-state index contributed by atoms with van der Waals surface area (Å²) in [5, 5.41) is 4.32. The smallest absolute Gasteiger partial charge is 0.236 e. The van der Waals surface area contributed by atoms with Gasteiger partial charge < -0.3 is 9.64 Å². The van der Waals surface area contributed by atoms with Crippen molar-refractivity contribution < 1.29 is 9.53 Å². The van der Waals surface area contributed by atoms with Gasteiger partial charge in [0, 0.05) is 44.2 Å². The first-order valence-corrected chi connectivity index (χ1v) is 11.7. The summed E-state index contributed by atoms with van der Waals surface area (Å²) in [6, 6.07) is 8.44. The number of thiophene rings is 1. The zero-order valence-electron chi connectivity index (χ0n) is 16.9. The fourth-order valence-electron chi connectivity index (χ4n) is 3.47. The normalized spacial score (nSPS) is 15.2. The molecule has 0 aliphatic carbocycles. The Morgan fingerprint density at radius 3 is 2.64 bits per heavy atom. The molecule has 1 fully saturated rings. The third kappa shape index (κ3) is 5.73. The first kappa shape index (κ1) is 21.2. The molecule has 0 bridgehead atoms. The van der Waals surface area contributed by atoms with Crippen LogP contribution in [0.4, 0.5) is 0 Å². The summed E-state index contributed by atoms with van der Waals surface area (Å²) in [7, 11) is 3.70. The highest BCUT2D eigenvalue weighted by Gasteiger charge is 2.22. The summed E-state index contributed by atoms with van der Waals surface area (Å²) in [6.07, 6.45) is 2.04. The minimum atomic E-state index is 0.213. The number of thioether (sulfide) groups is 1. The van der Waals surface area contributed by atoms with E-state index in [9.17, 15) is 4.79 Å². The van der Waals surface area contributed by atoms with Crippen LogP contribution in [0.3, 0.4) is 0 Å². The molecule has 1 aliphatic heterocycles. The van der Waals surface area contributed by atoms with Crippen molar-refractivity contribution in [3.05, 3.63) is 46.2 Å². The standard InChI is InChI=1S/C21H29N3O2S2/c1-22(13-17-4-5-20(27-3)19(12-17)26-2)15-21(25)24-9-7-23(8-10-24)14-18-6-11-28-16-18/h4-6,11-12,16H,7-10,13-15H2,1-3H3. The van der Waals surface area contributed by atoms with Gasteiger partial charge in [-0.1, -0.05) is 6.07 Å². The van der Waals surface area contributed by atoms with Gasteiger partial charge in [-0.2, -0.15) is 11.3 Å². The molecule has 5 nitrogen and oxygen atoms in total. The van der Waals surface area contributed by atoms with E-state index < -0.39 is 0 Å². The van der Waals surface area contributed by atoms with E-state index in [0.717, 1.165) is 55.5 Å². The average Bonchev–Trinajstić information content (AvgIpc) is 3.21. The van der Waals surface area contributed by atoms with Crippen molar-refractivity contribution >= 4 is 29.0 Å². The molecule has 0 spiro atoms. The van der Waals surface area contributed by atoms with E-state index in [1.165, 1.54) is 5.56 Å². The Morgan fingerprint density at radius 2 is 2.00 bits per heavy atom. The Balaban J connectivity index is 1.45. The average molecular weight is 420 g/mol. The molecule has 1 aliphatic rings. The molecule has 0 unspecified atom stereocenters. The Hall–Kier alpha value is -1.54. The van der Waals surface area contributed by atoms with E-state index in [4.69, 9.17) is 4.74 Å². The molecule has 1 aromatic carbocycles. The van der Waals surface area contributed by atoms with Crippen molar-refractivity contribution in [2.45, 2.75) is 18.0 Å². The van der Waals surface area contributed by atoms with Gasteiger partial charge in [0.1, 0.15) is 5.75 Å². The van der Waals surface area contributed by atoms with Gasteiger partial charge in [-0.3, -0.25) is 14.6 Å². The van der Waals surface area contributed by atoms with E-state index in [-0.39, 0.29) is 5.91 Å². The second-order valence-electron chi connectivity index (χ2n) is 7.15. The lowest BCUT2D eigenvalue weighted by molar-refractivity contribution is -0.134. The second kappa shape index (κ2) is 10.3. The lowest BCUT2D eigenvalue weighted by Gasteiger charge is -2.35. The fourth-order valence-corrected chi connectivity index (χ4v) is 4.68. The van der Waals surface area contributed by atoms with Crippen molar-refractivity contribution in [2.75, 3.05) is 53.1 Å². The molecule has 7 heteroatoms. The van der Waals surface area contributed by atoms with Crippen LogP contribution in [0.15, 0.2) is 39.9 Å². The summed E-state index contributed by atoms with van der Waals surface area (Å²) < 4.78 is 5.46. The number of likely N-dealkylation sites (N-methyl/N-ethyl adjacent to an activating group) is 1. The van der Waals surface area contributed by atoms with Crippen LogP contribution in [0.2, 0.25) is 0 Å². The summed E-state index contributed by atoms with van der Waals surface area (Å²) >= 11 is 3.41. The van der Waals surface area contributed by atoms with E-state index in [1.807, 2.05) is 18.2 Å². The SMILES string of the molecule is COc1cc(CN(C)CC(=O)N2CCN(Cc3ccsc3)CC2)ccc1SC. The maximum absolute atomic E-state index is 12.7. The van der Waals surface area contributed by atoms with Crippen LogP contribution < -0.4 is 4.74 Å². The number of methoxy groups -OCH3 is 1. The molecule has 0 atom stereocenters. The number of rotatable bonds is 8. The van der Waals surface area contributed by atoms with Gasteiger partial charge in [-0.15, -0.1) is 11.8 Å². The van der Waals surface area contributed by atoms with E-state index in [0.29, 0.717) is 6.54 Å². The predicted molar refractivity (Wildman–Crippen MR) is 117 cm³/mol.